The van der Waals surface area contributed by atoms with Crippen LogP contribution in [0.15, 0.2) is 66.0 Å². The van der Waals surface area contributed by atoms with E-state index in [9.17, 15) is 13.5 Å². The lowest BCUT2D eigenvalue weighted by molar-refractivity contribution is 0.152. The second kappa shape index (κ2) is 6.54. The van der Waals surface area contributed by atoms with Crippen LogP contribution in [0.1, 0.15) is 11.7 Å². The van der Waals surface area contributed by atoms with Gasteiger partial charge in [0.2, 0.25) is 0 Å². The Kier molecular flexibility index (Phi) is 4.46. The van der Waals surface area contributed by atoms with Gasteiger partial charge in [0, 0.05) is 30.4 Å². The van der Waals surface area contributed by atoms with Crippen LogP contribution in [0.25, 0.3) is 11.3 Å². The van der Waals surface area contributed by atoms with E-state index < -0.39 is 15.9 Å². The SMILES string of the molecule is CS(=O)(=O)c1ccc([C@H](O)Cn2nccc2-c2ccncc2)cc1. The van der Waals surface area contributed by atoms with Gasteiger partial charge in [-0.1, -0.05) is 12.1 Å². The van der Waals surface area contributed by atoms with E-state index in [0.29, 0.717) is 5.56 Å². The molecule has 0 aliphatic carbocycles. The van der Waals surface area contributed by atoms with E-state index in [0.717, 1.165) is 17.5 Å². The molecular weight excluding hydrogens is 326 g/mol. The standard InChI is InChI=1S/C17H17N3O3S/c1-24(22,23)15-4-2-14(3-5-15)17(21)12-20-16(8-11-19-20)13-6-9-18-10-7-13/h2-11,17,21H,12H2,1H3/t17-/m1/s1. The zero-order valence-electron chi connectivity index (χ0n) is 13.1. The average molecular weight is 343 g/mol. The molecule has 124 valence electrons. The summed E-state index contributed by atoms with van der Waals surface area (Å²) in [5, 5.41) is 14.7. The molecule has 0 saturated heterocycles. The van der Waals surface area contributed by atoms with Gasteiger partial charge in [-0.2, -0.15) is 5.10 Å². The fourth-order valence-corrected chi connectivity index (χ4v) is 3.08. The molecule has 0 radical (unpaired) electrons. The van der Waals surface area contributed by atoms with Crippen molar-refractivity contribution in [2.75, 3.05) is 6.26 Å². The predicted molar refractivity (Wildman–Crippen MR) is 90.0 cm³/mol. The van der Waals surface area contributed by atoms with E-state index in [2.05, 4.69) is 10.1 Å². The molecule has 0 unspecified atom stereocenters. The molecule has 0 saturated carbocycles. The van der Waals surface area contributed by atoms with E-state index in [4.69, 9.17) is 0 Å². The van der Waals surface area contributed by atoms with Crippen LogP contribution in [0.4, 0.5) is 0 Å². The highest BCUT2D eigenvalue weighted by Crippen LogP contribution is 2.22. The molecule has 2 aromatic heterocycles. The molecule has 1 aromatic carbocycles. The van der Waals surface area contributed by atoms with E-state index in [-0.39, 0.29) is 11.4 Å². The minimum absolute atomic E-state index is 0.231. The second-order valence-corrected chi connectivity index (χ2v) is 7.51. The van der Waals surface area contributed by atoms with Gasteiger partial charge in [-0.25, -0.2) is 8.42 Å². The van der Waals surface area contributed by atoms with Crippen molar-refractivity contribution in [3.63, 3.8) is 0 Å². The van der Waals surface area contributed by atoms with Crippen LogP contribution < -0.4 is 0 Å². The Bertz CT molecular complexity index is 919. The van der Waals surface area contributed by atoms with Crippen LogP contribution >= 0.6 is 0 Å². The molecule has 2 heterocycles. The van der Waals surface area contributed by atoms with Crippen molar-refractivity contribution >= 4 is 9.84 Å². The van der Waals surface area contributed by atoms with E-state index in [1.807, 2.05) is 18.2 Å². The fourth-order valence-electron chi connectivity index (χ4n) is 2.45. The zero-order valence-corrected chi connectivity index (χ0v) is 13.9. The molecule has 1 atom stereocenters. The maximum atomic E-state index is 11.5. The van der Waals surface area contributed by atoms with E-state index >= 15 is 0 Å². The van der Waals surface area contributed by atoms with Gasteiger partial charge in [0.1, 0.15) is 0 Å². The topological polar surface area (TPSA) is 85.1 Å². The Morgan fingerprint density at radius 3 is 2.33 bits per heavy atom. The van der Waals surface area contributed by atoms with Gasteiger partial charge in [0.05, 0.1) is 23.2 Å². The quantitative estimate of drug-likeness (QED) is 0.767. The first-order valence-electron chi connectivity index (χ1n) is 7.35. The van der Waals surface area contributed by atoms with Gasteiger partial charge in [-0.05, 0) is 35.9 Å². The molecule has 24 heavy (non-hydrogen) atoms. The predicted octanol–water partition coefficient (Wildman–Crippen LogP) is 2.08. The average Bonchev–Trinajstić information content (AvgIpc) is 3.03. The molecule has 0 bridgehead atoms. The van der Waals surface area contributed by atoms with Gasteiger partial charge in [-0.15, -0.1) is 0 Å². The molecule has 3 aromatic rings. The molecule has 0 spiro atoms. The first-order valence-corrected chi connectivity index (χ1v) is 9.24. The minimum Gasteiger partial charge on any atom is -0.386 e. The van der Waals surface area contributed by atoms with Crippen LogP contribution in [-0.2, 0) is 16.4 Å². The highest BCUT2D eigenvalue weighted by molar-refractivity contribution is 7.90. The molecule has 0 amide bonds. The van der Waals surface area contributed by atoms with Crippen molar-refractivity contribution in [1.29, 1.82) is 0 Å². The number of benzene rings is 1. The maximum absolute atomic E-state index is 11.5. The van der Waals surface area contributed by atoms with Gasteiger partial charge in [0.25, 0.3) is 0 Å². The third kappa shape index (κ3) is 3.52. The number of rotatable bonds is 5. The van der Waals surface area contributed by atoms with Crippen LogP contribution in [0, 0.1) is 0 Å². The minimum atomic E-state index is -3.24. The van der Waals surface area contributed by atoms with E-state index in [1.165, 1.54) is 12.1 Å². The number of aromatic nitrogens is 3. The Hall–Kier alpha value is -2.51. The summed E-state index contributed by atoms with van der Waals surface area (Å²) < 4.78 is 24.7. The Balaban J connectivity index is 1.81. The molecule has 7 heteroatoms. The molecule has 6 nitrogen and oxygen atoms in total. The summed E-state index contributed by atoms with van der Waals surface area (Å²) in [6, 6.07) is 11.9. The van der Waals surface area contributed by atoms with Crippen molar-refractivity contribution in [3.05, 3.63) is 66.6 Å². The zero-order chi connectivity index (χ0) is 17.2. The molecule has 0 aliphatic heterocycles. The summed E-state index contributed by atoms with van der Waals surface area (Å²) in [5.41, 5.74) is 2.48. The Morgan fingerprint density at radius 2 is 1.71 bits per heavy atom. The molecule has 0 fully saturated rings. The van der Waals surface area contributed by atoms with Crippen LogP contribution in [-0.4, -0.2) is 34.5 Å². The summed E-state index contributed by atoms with van der Waals surface area (Å²) in [6.45, 7) is 0.267. The smallest absolute Gasteiger partial charge is 0.175 e. The monoisotopic (exact) mass is 343 g/mol. The molecule has 1 N–H and O–H groups in total. The largest absolute Gasteiger partial charge is 0.386 e. The number of pyridine rings is 1. The van der Waals surface area contributed by atoms with Gasteiger partial charge < -0.3 is 5.11 Å². The van der Waals surface area contributed by atoms with Gasteiger partial charge in [-0.3, -0.25) is 9.67 Å². The maximum Gasteiger partial charge on any atom is 0.175 e. The Morgan fingerprint density at radius 1 is 1.04 bits per heavy atom. The van der Waals surface area contributed by atoms with Crippen LogP contribution in [0.3, 0.4) is 0 Å². The lowest BCUT2D eigenvalue weighted by Gasteiger charge is -2.14. The fraction of sp³-hybridized carbons (Fsp3) is 0.176. The van der Waals surface area contributed by atoms with Crippen LogP contribution in [0.5, 0.6) is 0 Å². The van der Waals surface area contributed by atoms with E-state index in [1.54, 1.807) is 35.4 Å². The third-order valence-corrected chi connectivity index (χ3v) is 4.86. The number of nitrogens with zero attached hydrogens (tertiary/aromatic N) is 3. The van der Waals surface area contributed by atoms with Crippen LogP contribution in [0.2, 0.25) is 0 Å². The molecular formula is C17H17N3O3S. The van der Waals surface area contributed by atoms with Gasteiger partial charge in [0.15, 0.2) is 9.84 Å². The number of hydrogen-bond acceptors (Lipinski definition) is 5. The normalized spacial score (nSPS) is 12.9. The highest BCUT2D eigenvalue weighted by Gasteiger charge is 2.14. The van der Waals surface area contributed by atoms with Crippen molar-refractivity contribution in [2.24, 2.45) is 0 Å². The second-order valence-electron chi connectivity index (χ2n) is 5.49. The van der Waals surface area contributed by atoms with Gasteiger partial charge >= 0.3 is 0 Å². The highest BCUT2D eigenvalue weighted by atomic mass is 32.2. The molecule has 0 aliphatic rings. The lowest BCUT2D eigenvalue weighted by Crippen LogP contribution is -2.11. The van der Waals surface area contributed by atoms with Crippen molar-refractivity contribution in [3.8, 4) is 11.3 Å². The summed E-state index contributed by atoms with van der Waals surface area (Å²) in [6.07, 6.45) is 5.44. The number of aliphatic hydroxyl groups is 1. The van der Waals surface area contributed by atoms with Crippen molar-refractivity contribution < 1.29 is 13.5 Å². The number of aliphatic hydroxyl groups excluding tert-OH is 1. The summed E-state index contributed by atoms with van der Waals surface area (Å²) >= 11 is 0. The number of hydrogen-bond donors (Lipinski definition) is 1. The molecule has 3 rings (SSSR count). The summed E-state index contributed by atoms with van der Waals surface area (Å²) in [7, 11) is -3.24. The lowest BCUT2D eigenvalue weighted by atomic mass is 10.1. The Labute approximate surface area is 140 Å². The first kappa shape index (κ1) is 16.4. The van der Waals surface area contributed by atoms with Crippen molar-refractivity contribution in [1.82, 2.24) is 14.8 Å². The summed E-state index contributed by atoms with van der Waals surface area (Å²) in [4.78, 5) is 4.22. The van der Waals surface area contributed by atoms with Crippen molar-refractivity contribution in [2.45, 2.75) is 17.5 Å². The first-order chi connectivity index (χ1) is 11.4. The summed E-state index contributed by atoms with van der Waals surface area (Å²) in [5.74, 6) is 0. The number of sulfone groups is 1. The third-order valence-electron chi connectivity index (χ3n) is 3.73.